The number of hydrogen-bond acceptors (Lipinski definition) is 6. The fraction of sp³-hybridized carbons (Fsp3) is 0.500. The summed E-state index contributed by atoms with van der Waals surface area (Å²) in [5, 5.41) is 0. The summed E-state index contributed by atoms with van der Waals surface area (Å²) in [5.74, 6) is -0.0436. The number of hydrogen-bond donors (Lipinski definition) is 0. The van der Waals surface area contributed by atoms with Gasteiger partial charge in [0.1, 0.15) is 0 Å². The van der Waals surface area contributed by atoms with Crippen LogP contribution in [0.5, 0.6) is 0 Å². The highest BCUT2D eigenvalue weighted by atomic mass is 32.2. The number of thioether (sulfide) groups is 1. The average Bonchev–Trinajstić information content (AvgIpc) is 2.62. The van der Waals surface area contributed by atoms with Gasteiger partial charge in [0.15, 0.2) is 0 Å². The molecule has 1 fully saturated rings. The van der Waals surface area contributed by atoms with Crippen molar-refractivity contribution in [2.75, 3.05) is 44.8 Å². The normalized spacial score (nSPS) is 15.8. The van der Waals surface area contributed by atoms with Gasteiger partial charge in [-0.3, -0.25) is 4.79 Å². The summed E-state index contributed by atoms with van der Waals surface area (Å²) in [5.41, 5.74) is 0.313. The molecule has 1 heterocycles. The van der Waals surface area contributed by atoms with Crippen LogP contribution in [0.3, 0.4) is 0 Å². The van der Waals surface area contributed by atoms with E-state index < -0.39 is 16.0 Å². The van der Waals surface area contributed by atoms with Gasteiger partial charge >= 0.3 is 5.97 Å². The summed E-state index contributed by atoms with van der Waals surface area (Å²) in [6.07, 6.45) is 1.86. The molecule has 1 aliphatic rings. The number of esters is 1. The van der Waals surface area contributed by atoms with Crippen molar-refractivity contribution in [1.29, 1.82) is 0 Å². The molecule has 0 saturated carbocycles. The monoisotopic (exact) mass is 386 g/mol. The molecule has 1 aromatic carbocycles. The van der Waals surface area contributed by atoms with E-state index in [1.807, 2.05) is 6.26 Å². The molecule has 138 valence electrons. The van der Waals surface area contributed by atoms with Crippen molar-refractivity contribution >= 4 is 33.7 Å². The van der Waals surface area contributed by atoms with Crippen LogP contribution in [0.1, 0.15) is 17.3 Å². The van der Waals surface area contributed by atoms with Crippen molar-refractivity contribution in [2.24, 2.45) is 0 Å². The molecule has 1 aromatic rings. The average molecular weight is 386 g/mol. The lowest BCUT2D eigenvalue weighted by Gasteiger charge is -2.34. The van der Waals surface area contributed by atoms with E-state index in [-0.39, 0.29) is 30.5 Å². The molecule has 25 heavy (non-hydrogen) atoms. The van der Waals surface area contributed by atoms with E-state index in [1.165, 1.54) is 40.3 Å². The van der Waals surface area contributed by atoms with Crippen molar-refractivity contribution < 1.29 is 22.7 Å². The van der Waals surface area contributed by atoms with Crippen LogP contribution in [-0.2, 0) is 19.6 Å². The molecule has 0 aliphatic carbocycles. The van der Waals surface area contributed by atoms with Gasteiger partial charge in [0.25, 0.3) is 0 Å². The second kappa shape index (κ2) is 8.68. The maximum atomic E-state index is 12.7. The molecule has 0 radical (unpaired) electrons. The van der Waals surface area contributed by atoms with Crippen LogP contribution in [0.15, 0.2) is 29.2 Å². The largest absolute Gasteiger partial charge is 0.462 e. The highest BCUT2D eigenvalue weighted by Gasteiger charge is 2.30. The van der Waals surface area contributed by atoms with E-state index in [2.05, 4.69) is 0 Å². The van der Waals surface area contributed by atoms with Gasteiger partial charge in [-0.1, -0.05) is 0 Å². The van der Waals surface area contributed by atoms with Crippen LogP contribution >= 0.6 is 11.8 Å². The molecule has 9 heteroatoms. The maximum Gasteiger partial charge on any atom is 0.338 e. The Morgan fingerprint density at radius 2 is 1.72 bits per heavy atom. The summed E-state index contributed by atoms with van der Waals surface area (Å²) in [4.78, 5) is 25.3. The van der Waals surface area contributed by atoms with Crippen LogP contribution in [0, 0.1) is 0 Å². The third-order valence-corrected chi connectivity index (χ3v) is 6.31. The first-order chi connectivity index (χ1) is 11.9. The topological polar surface area (TPSA) is 84.0 Å². The lowest BCUT2D eigenvalue weighted by Crippen LogP contribution is -2.50. The Balaban J connectivity index is 2.04. The fourth-order valence-corrected chi connectivity index (χ4v) is 4.37. The molecule has 1 aliphatic heterocycles. The smallest absolute Gasteiger partial charge is 0.338 e. The van der Waals surface area contributed by atoms with Gasteiger partial charge in [-0.2, -0.15) is 16.1 Å². The SMILES string of the molecule is CCOC(=O)c1ccc(S(=O)(=O)N2CCN(C(=O)CSC)CC2)cc1. The second-order valence-electron chi connectivity index (χ2n) is 5.46. The Bertz CT molecular complexity index is 711. The Labute approximate surface area is 152 Å². The Kier molecular flexibility index (Phi) is 6.86. The number of sulfonamides is 1. The molecule has 2 rings (SSSR count). The summed E-state index contributed by atoms with van der Waals surface area (Å²) >= 11 is 1.45. The molecule has 1 saturated heterocycles. The number of nitrogens with zero attached hydrogens (tertiary/aromatic N) is 2. The van der Waals surface area contributed by atoms with E-state index in [4.69, 9.17) is 4.74 Å². The molecule has 1 amide bonds. The first kappa shape index (κ1) is 19.7. The minimum atomic E-state index is -3.64. The summed E-state index contributed by atoms with van der Waals surface area (Å²) in [6.45, 7) is 3.28. The van der Waals surface area contributed by atoms with Gasteiger partial charge in [0.05, 0.1) is 22.8 Å². The molecular weight excluding hydrogens is 364 g/mol. The maximum absolute atomic E-state index is 12.7. The third kappa shape index (κ3) is 4.74. The standard InChI is InChI=1S/C16H22N2O5S2/c1-3-23-16(20)13-4-6-14(7-5-13)25(21,22)18-10-8-17(9-11-18)15(19)12-24-2/h4-7H,3,8-12H2,1-2H3. The predicted molar refractivity (Wildman–Crippen MR) is 96.1 cm³/mol. The molecule has 0 aromatic heterocycles. The Hall–Kier alpha value is -1.58. The van der Waals surface area contributed by atoms with E-state index >= 15 is 0 Å². The molecule has 0 atom stereocenters. The summed E-state index contributed by atoms with van der Waals surface area (Å²) in [6, 6.07) is 5.71. The van der Waals surface area contributed by atoms with Crippen molar-refractivity contribution in [3.63, 3.8) is 0 Å². The minimum Gasteiger partial charge on any atom is -0.462 e. The number of rotatable bonds is 6. The number of piperazine rings is 1. The van der Waals surface area contributed by atoms with Gasteiger partial charge in [0, 0.05) is 26.2 Å². The summed E-state index contributed by atoms with van der Waals surface area (Å²) in [7, 11) is -3.64. The molecule has 0 unspecified atom stereocenters. The summed E-state index contributed by atoms with van der Waals surface area (Å²) < 4.78 is 31.7. The van der Waals surface area contributed by atoms with Gasteiger partial charge < -0.3 is 9.64 Å². The van der Waals surface area contributed by atoms with E-state index in [0.29, 0.717) is 24.4 Å². The van der Waals surface area contributed by atoms with Gasteiger partial charge in [-0.05, 0) is 37.4 Å². The zero-order valence-electron chi connectivity index (χ0n) is 14.3. The van der Waals surface area contributed by atoms with Crippen LogP contribution in [-0.4, -0.2) is 74.3 Å². The number of ether oxygens (including phenoxy) is 1. The number of benzene rings is 1. The Morgan fingerprint density at radius 3 is 2.24 bits per heavy atom. The number of carbonyl (C=O) groups is 2. The van der Waals surface area contributed by atoms with Crippen LogP contribution < -0.4 is 0 Å². The van der Waals surface area contributed by atoms with Crippen molar-refractivity contribution in [2.45, 2.75) is 11.8 Å². The molecule has 0 N–H and O–H groups in total. The minimum absolute atomic E-state index is 0.0309. The lowest BCUT2D eigenvalue weighted by molar-refractivity contribution is -0.129. The van der Waals surface area contributed by atoms with E-state index in [1.54, 1.807) is 11.8 Å². The zero-order chi connectivity index (χ0) is 18.4. The Morgan fingerprint density at radius 1 is 1.12 bits per heavy atom. The predicted octanol–water partition coefficient (Wildman–Crippen LogP) is 1.06. The highest BCUT2D eigenvalue weighted by molar-refractivity contribution is 7.99. The number of amides is 1. The first-order valence-electron chi connectivity index (χ1n) is 7.94. The van der Waals surface area contributed by atoms with Gasteiger partial charge in [-0.15, -0.1) is 0 Å². The van der Waals surface area contributed by atoms with E-state index in [9.17, 15) is 18.0 Å². The number of carbonyl (C=O) groups excluding carboxylic acids is 2. The molecule has 7 nitrogen and oxygen atoms in total. The van der Waals surface area contributed by atoms with E-state index in [0.717, 1.165) is 0 Å². The van der Waals surface area contributed by atoms with Gasteiger partial charge in [0.2, 0.25) is 15.9 Å². The molecular formula is C16H22N2O5S2. The quantitative estimate of drug-likeness (QED) is 0.680. The fourth-order valence-electron chi connectivity index (χ4n) is 2.52. The van der Waals surface area contributed by atoms with Crippen molar-refractivity contribution in [1.82, 2.24) is 9.21 Å². The zero-order valence-corrected chi connectivity index (χ0v) is 15.9. The van der Waals surface area contributed by atoms with Crippen LogP contribution in [0.2, 0.25) is 0 Å². The molecule has 0 bridgehead atoms. The second-order valence-corrected chi connectivity index (χ2v) is 8.27. The third-order valence-electron chi connectivity index (χ3n) is 3.86. The molecule has 0 spiro atoms. The van der Waals surface area contributed by atoms with Gasteiger partial charge in [-0.25, -0.2) is 13.2 Å². The highest BCUT2D eigenvalue weighted by Crippen LogP contribution is 2.19. The van der Waals surface area contributed by atoms with Crippen molar-refractivity contribution in [3.05, 3.63) is 29.8 Å². The lowest BCUT2D eigenvalue weighted by atomic mass is 10.2. The first-order valence-corrected chi connectivity index (χ1v) is 10.8. The van der Waals surface area contributed by atoms with Crippen LogP contribution in [0.25, 0.3) is 0 Å². The van der Waals surface area contributed by atoms with Crippen LogP contribution in [0.4, 0.5) is 0 Å². The van der Waals surface area contributed by atoms with Crippen molar-refractivity contribution in [3.8, 4) is 0 Å².